The molecule has 7 nitrogen and oxygen atoms in total. The second-order valence-electron chi connectivity index (χ2n) is 9.99. The van der Waals surface area contributed by atoms with Crippen LogP contribution in [0.5, 0.6) is 0 Å². The summed E-state index contributed by atoms with van der Waals surface area (Å²) in [5.74, 6) is -0.272. The fourth-order valence-electron chi connectivity index (χ4n) is 5.66. The second kappa shape index (κ2) is 12.0. The molecule has 0 unspecified atom stereocenters. The van der Waals surface area contributed by atoms with Crippen molar-refractivity contribution in [1.29, 1.82) is 0 Å². The Balaban J connectivity index is 0.00000176. The highest BCUT2D eigenvalue weighted by molar-refractivity contribution is 7.91. The number of carbonyl (C=O) groups is 1. The molecule has 2 aromatic heterocycles. The van der Waals surface area contributed by atoms with E-state index in [1.165, 1.54) is 11.4 Å². The van der Waals surface area contributed by atoms with Gasteiger partial charge in [-0.2, -0.15) is 0 Å². The Kier molecular flexibility index (Phi) is 9.13. The number of imidazole rings is 1. The largest absolute Gasteiger partial charge is 0.343 e. The number of halogens is 3. The van der Waals surface area contributed by atoms with Crippen molar-refractivity contribution in [2.24, 2.45) is 0 Å². The van der Waals surface area contributed by atoms with Crippen LogP contribution in [0.1, 0.15) is 30.7 Å². The number of benzene rings is 2. The number of likely N-dealkylation sites (tertiary alicyclic amines) is 1. The summed E-state index contributed by atoms with van der Waals surface area (Å²) in [6.07, 6.45) is 4.82. The van der Waals surface area contributed by atoms with Crippen molar-refractivity contribution in [1.82, 2.24) is 19.2 Å². The summed E-state index contributed by atoms with van der Waals surface area (Å²) in [5.41, 5.74) is 3.45. The maximum absolute atomic E-state index is 12.9. The number of sulfone groups is 1. The standard InChI is InChI=1S/C28H29ClN4O3S.2ClH/c29-22-6-4-21-18-24(7-5-20(21)17-22)37(35,36)16-11-28(34)31-13-8-23(9-14-31)32-15-10-25-26(19-32)33-12-2-1-3-27(33)30-25;;/h1-7,12,17-18,23H,8-11,13-16,19H2;2*1H. The van der Waals surface area contributed by atoms with Crippen molar-refractivity contribution >= 4 is 68.6 Å². The number of piperidine rings is 1. The molecule has 1 amide bonds. The smallest absolute Gasteiger partial charge is 0.223 e. The van der Waals surface area contributed by atoms with E-state index in [2.05, 4.69) is 15.5 Å². The average molecular weight is 610 g/mol. The predicted octanol–water partition coefficient (Wildman–Crippen LogP) is 5.20. The lowest BCUT2D eigenvalue weighted by Crippen LogP contribution is -2.48. The third-order valence-corrected chi connectivity index (χ3v) is 9.70. The van der Waals surface area contributed by atoms with Gasteiger partial charge >= 0.3 is 0 Å². The van der Waals surface area contributed by atoms with Crippen LogP contribution in [0.4, 0.5) is 0 Å². The topological polar surface area (TPSA) is 75.0 Å². The van der Waals surface area contributed by atoms with E-state index in [4.69, 9.17) is 16.6 Å². The van der Waals surface area contributed by atoms with Gasteiger partial charge in [0.05, 0.1) is 22.0 Å². The molecule has 6 rings (SSSR count). The Bertz CT molecular complexity index is 1600. The Hall–Kier alpha value is -2.36. The van der Waals surface area contributed by atoms with Gasteiger partial charge in [0.1, 0.15) is 5.65 Å². The van der Waals surface area contributed by atoms with Crippen LogP contribution in [0.25, 0.3) is 16.4 Å². The average Bonchev–Trinajstić information content (AvgIpc) is 3.29. The van der Waals surface area contributed by atoms with Gasteiger partial charge in [0.15, 0.2) is 9.84 Å². The quantitative estimate of drug-likeness (QED) is 0.311. The van der Waals surface area contributed by atoms with E-state index >= 15 is 0 Å². The zero-order chi connectivity index (χ0) is 25.6. The van der Waals surface area contributed by atoms with E-state index in [-0.39, 0.29) is 47.8 Å². The number of rotatable bonds is 5. The first-order valence-corrected chi connectivity index (χ1v) is 14.8. The highest BCUT2D eigenvalue weighted by atomic mass is 35.5. The van der Waals surface area contributed by atoms with Gasteiger partial charge in [0, 0.05) is 56.3 Å². The van der Waals surface area contributed by atoms with Gasteiger partial charge in [-0.3, -0.25) is 9.69 Å². The summed E-state index contributed by atoms with van der Waals surface area (Å²) in [4.78, 5) is 22.3. The monoisotopic (exact) mass is 608 g/mol. The highest BCUT2D eigenvalue weighted by Gasteiger charge is 2.31. The van der Waals surface area contributed by atoms with Crippen LogP contribution in [0.15, 0.2) is 65.7 Å². The maximum atomic E-state index is 12.9. The van der Waals surface area contributed by atoms with Crippen LogP contribution in [0.2, 0.25) is 5.02 Å². The molecule has 2 aromatic carbocycles. The fraction of sp³-hybridized carbons (Fsp3) is 0.357. The summed E-state index contributed by atoms with van der Waals surface area (Å²) in [6, 6.07) is 16.9. The Morgan fingerprint density at radius 2 is 1.72 bits per heavy atom. The molecule has 11 heteroatoms. The number of fused-ring (bicyclic) bond motifs is 4. The molecular formula is C28H31Cl3N4O3S. The van der Waals surface area contributed by atoms with Gasteiger partial charge in [-0.15, -0.1) is 24.8 Å². The molecule has 0 aliphatic carbocycles. The summed E-state index contributed by atoms with van der Waals surface area (Å²) in [7, 11) is -3.56. The third kappa shape index (κ3) is 6.05. The molecule has 2 aliphatic rings. The van der Waals surface area contributed by atoms with E-state index in [0.717, 1.165) is 48.8 Å². The lowest BCUT2D eigenvalue weighted by molar-refractivity contribution is -0.132. The normalized spacial score (nSPS) is 16.5. The number of hydrogen-bond donors (Lipinski definition) is 0. The minimum absolute atomic E-state index is 0. The van der Waals surface area contributed by atoms with Gasteiger partial charge in [0.25, 0.3) is 0 Å². The molecule has 208 valence electrons. The molecular weight excluding hydrogens is 579 g/mol. The SMILES string of the molecule is Cl.Cl.O=C(CCS(=O)(=O)c1ccc2cc(Cl)ccc2c1)N1CCC(N2CCc3nc4ccccn4c3C2)CC1. The first-order valence-electron chi connectivity index (χ1n) is 12.8. The van der Waals surface area contributed by atoms with Crippen LogP contribution >= 0.6 is 36.4 Å². The number of carbonyl (C=O) groups excluding carboxylic acids is 1. The molecule has 4 aromatic rings. The summed E-state index contributed by atoms with van der Waals surface area (Å²) < 4.78 is 28.1. The van der Waals surface area contributed by atoms with Crippen molar-refractivity contribution in [3.05, 3.63) is 77.2 Å². The van der Waals surface area contributed by atoms with Gasteiger partial charge in [-0.1, -0.05) is 29.8 Å². The first-order chi connectivity index (χ1) is 17.9. The lowest BCUT2D eigenvalue weighted by atomic mass is 10.00. The minimum Gasteiger partial charge on any atom is -0.343 e. The lowest BCUT2D eigenvalue weighted by Gasteiger charge is -2.40. The number of nitrogens with zero attached hydrogens (tertiary/aromatic N) is 4. The maximum Gasteiger partial charge on any atom is 0.223 e. The van der Waals surface area contributed by atoms with Crippen LogP contribution in [0.3, 0.4) is 0 Å². The molecule has 39 heavy (non-hydrogen) atoms. The van der Waals surface area contributed by atoms with Crippen LogP contribution in [0, 0.1) is 0 Å². The summed E-state index contributed by atoms with van der Waals surface area (Å²) in [5, 5.41) is 2.31. The van der Waals surface area contributed by atoms with E-state index < -0.39 is 9.84 Å². The van der Waals surface area contributed by atoms with E-state index in [1.807, 2.05) is 29.2 Å². The van der Waals surface area contributed by atoms with Crippen molar-refractivity contribution < 1.29 is 13.2 Å². The number of hydrogen-bond acceptors (Lipinski definition) is 5. The second-order valence-corrected chi connectivity index (χ2v) is 12.5. The van der Waals surface area contributed by atoms with E-state index in [9.17, 15) is 13.2 Å². The van der Waals surface area contributed by atoms with Crippen LogP contribution < -0.4 is 0 Å². The van der Waals surface area contributed by atoms with Crippen molar-refractivity contribution in [3.63, 3.8) is 0 Å². The number of pyridine rings is 1. The Morgan fingerprint density at radius 1 is 0.974 bits per heavy atom. The molecule has 0 radical (unpaired) electrons. The highest BCUT2D eigenvalue weighted by Crippen LogP contribution is 2.27. The summed E-state index contributed by atoms with van der Waals surface area (Å²) in [6.45, 7) is 3.18. The van der Waals surface area contributed by atoms with E-state index in [1.54, 1.807) is 30.3 Å². The molecule has 0 atom stereocenters. The fourth-order valence-corrected chi connectivity index (χ4v) is 7.10. The zero-order valence-corrected chi connectivity index (χ0v) is 24.5. The zero-order valence-electron chi connectivity index (χ0n) is 21.3. The van der Waals surface area contributed by atoms with Crippen LogP contribution in [-0.2, 0) is 27.6 Å². The number of aromatic nitrogens is 2. The van der Waals surface area contributed by atoms with Gasteiger partial charge in [0.2, 0.25) is 5.91 Å². The number of amides is 1. The molecule has 0 spiro atoms. The Labute approximate surface area is 245 Å². The van der Waals surface area contributed by atoms with E-state index in [0.29, 0.717) is 24.2 Å². The molecule has 1 saturated heterocycles. The first kappa shape index (κ1) is 29.6. The Morgan fingerprint density at radius 3 is 2.51 bits per heavy atom. The summed E-state index contributed by atoms with van der Waals surface area (Å²) >= 11 is 6.03. The molecule has 0 bridgehead atoms. The molecule has 0 N–H and O–H groups in total. The molecule has 1 fully saturated rings. The van der Waals surface area contributed by atoms with Gasteiger partial charge in [-0.25, -0.2) is 13.4 Å². The molecule has 2 aliphatic heterocycles. The predicted molar refractivity (Wildman–Crippen MR) is 159 cm³/mol. The van der Waals surface area contributed by atoms with Crippen molar-refractivity contribution in [2.75, 3.05) is 25.4 Å². The van der Waals surface area contributed by atoms with Gasteiger partial charge in [-0.05, 0) is 60.0 Å². The van der Waals surface area contributed by atoms with Crippen molar-refractivity contribution in [3.8, 4) is 0 Å². The molecule has 4 heterocycles. The van der Waals surface area contributed by atoms with Crippen molar-refractivity contribution in [2.45, 2.75) is 43.2 Å². The van der Waals surface area contributed by atoms with Crippen LogP contribution in [-0.4, -0.2) is 64.9 Å². The van der Waals surface area contributed by atoms with Gasteiger partial charge < -0.3 is 9.30 Å². The minimum atomic E-state index is -3.56. The third-order valence-electron chi connectivity index (χ3n) is 7.75. The molecule has 0 saturated carbocycles.